The molecule has 2 heteroatoms. The first-order valence-electron chi connectivity index (χ1n) is 3.59. The molecule has 0 N–H and O–H groups in total. The molecule has 1 atom stereocenters. The number of rotatable bonds is 0. The van der Waals surface area contributed by atoms with E-state index in [1.807, 2.05) is 0 Å². The van der Waals surface area contributed by atoms with Crippen molar-refractivity contribution in [3.05, 3.63) is 34.9 Å². The van der Waals surface area contributed by atoms with Gasteiger partial charge in [0.25, 0.3) is 0 Å². The van der Waals surface area contributed by atoms with E-state index in [1.165, 1.54) is 9.99 Å². The van der Waals surface area contributed by atoms with Crippen molar-refractivity contribution in [1.29, 1.82) is 0 Å². The van der Waals surface area contributed by atoms with Gasteiger partial charge in [-0.05, 0) is 0 Å². The van der Waals surface area contributed by atoms with Gasteiger partial charge in [0.05, 0.1) is 0 Å². The predicted molar refractivity (Wildman–Crippen MR) is 51.2 cm³/mol. The topological polar surface area (TPSA) is 0 Å². The second-order valence-electron chi connectivity index (χ2n) is 2.58. The van der Waals surface area contributed by atoms with Crippen molar-refractivity contribution in [2.24, 2.45) is 0 Å². The van der Waals surface area contributed by atoms with Gasteiger partial charge in [-0.1, -0.05) is 0 Å². The number of allylic oxidation sites excluding steroid dienone is 5. The molecule has 2 rings (SSSR count). The molecule has 0 aromatic carbocycles. The van der Waals surface area contributed by atoms with Gasteiger partial charge in [0.1, 0.15) is 0 Å². The van der Waals surface area contributed by atoms with Crippen molar-refractivity contribution in [1.82, 2.24) is 0 Å². The molecule has 0 saturated heterocycles. The van der Waals surface area contributed by atoms with Crippen LogP contribution >= 0.6 is 0 Å². The SMILES string of the molecule is [Se]=C1CC=CC2=CC=C[Se]C12. The van der Waals surface area contributed by atoms with Crippen molar-refractivity contribution in [3.63, 3.8) is 0 Å². The third kappa shape index (κ3) is 1.50. The maximum absolute atomic E-state index is 3.18. The van der Waals surface area contributed by atoms with Crippen LogP contribution in [-0.2, 0) is 0 Å². The minimum atomic E-state index is 0.648. The van der Waals surface area contributed by atoms with Crippen LogP contribution in [0.4, 0.5) is 0 Å². The fourth-order valence-electron chi connectivity index (χ4n) is 1.26. The van der Waals surface area contributed by atoms with Gasteiger partial charge in [0.2, 0.25) is 0 Å². The van der Waals surface area contributed by atoms with E-state index in [4.69, 9.17) is 0 Å². The minimum absolute atomic E-state index is 0.648. The third-order valence-corrected chi connectivity index (χ3v) is 5.81. The van der Waals surface area contributed by atoms with Crippen molar-refractivity contribution in [2.45, 2.75) is 11.2 Å². The standard InChI is InChI=1S/C9H8Se2/c10-8-5-1-3-7-4-2-6-11-9(7)8/h1-4,6,9H,5H2. The Morgan fingerprint density at radius 3 is 3.27 bits per heavy atom. The third-order valence-electron chi connectivity index (χ3n) is 1.81. The van der Waals surface area contributed by atoms with Gasteiger partial charge in [0.15, 0.2) is 0 Å². The molecule has 0 saturated carbocycles. The molecule has 1 aliphatic heterocycles. The van der Waals surface area contributed by atoms with Gasteiger partial charge in [0, 0.05) is 0 Å². The number of hydrogen-bond donors (Lipinski definition) is 0. The molecule has 0 amide bonds. The second kappa shape index (κ2) is 3.24. The number of fused-ring (bicyclic) bond motifs is 1. The summed E-state index contributed by atoms with van der Waals surface area (Å²) >= 11 is 3.83. The van der Waals surface area contributed by atoms with Crippen molar-refractivity contribution < 1.29 is 0 Å². The van der Waals surface area contributed by atoms with Crippen LogP contribution in [0.1, 0.15) is 6.42 Å². The zero-order valence-electron chi connectivity index (χ0n) is 5.99. The van der Waals surface area contributed by atoms with Gasteiger partial charge in [-0.25, -0.2) is 0 Å². The van der Waals surface area contributed by atoms with Gasteiger partial charge in [-0.15, -0.1) is 0 Å². The fraction of sp³-hybridized carbons (Fsp3) is 0.222. The van der Waals surface area contributed by atoms with Crippen LogP contribution in [0.2, 0.25) is 4.82 Å². The van der Waals surface area contributed by atoms with E-state index in [-0.39, 0.29) is 0 Å². The van der Waals surface area contributed by atoms with E-state index in [1.54, 1.807) is 0 Å². The molecule has 11 heavy (non-hydrogen) atoms. The van der Waals surface area contributed by atoms with E-state index < -0.39 is 0 Å². The Kier molecular flexibility index (Phi) is 2.29. The van der Waals surface area contributed by atoms with E-state index in [9.17, 15) is 0 Å². The first-order chi connectivity index (χ1) is 5.38. The van der Waals surface area contributed by atoms with E-state index in [0.29, 0.717) is 15.0 Å². The van der Waals surface area contributed by atoms with Crippen LogP contribution < -0.4 is 0 Å². The molecule has 1 heterocycles. The van der Waals surface area contributed by atoms with Crippen LogP contribution in [0.15, 0.2) is 34.9 Å². The zero-order valence-corrected chi connectivity index (χ0v) is 9.41. The summed E-state index contributed by atoms with van der Waals surface area (Å²) in [5, 5.41) is 0. The molecule has 0 radical (unpaired) electrons. The van der Waals surface area contributed by atoms with Gasteiger partial charge in [-0.3, -0.25) is 0 Å². The summed E-state index contributed by atoms with van der Waals surface area (Å²) in [6, 6.07) is 0. The maximum atomic E-state index is 3.18. The summed E-state index contributed by atoms with van der Waals surface area (Å²) in [6.07, 6.45) is 10.0. The first-order valence-corrected chi connectivity index (χ1v) is 6.43. The Labute approximate surface area is 81.0 Å². The molecule has 1 unspecified atom stereocenters. The zero-order chi connectivity index (χ0) is 7.68. The Hall–Kier alpha value is 0.129. The van der Waals surface area contributed by atoms with E-state index in [0.717, 1.165) is 11.2 Å². The molecular formula is C9H8Se2. The molecule has 0 aromatic rings. The average molecular weight is 274 g/mol. The van der Waals surface area contributed by atoms with E-state index >= 15 is 0 Å². The summed E-state index contributed by atoms with van der Waals surface area (Å²) in [4.78, 5) is 3.04. The summed E-state index contributed by atoms with van der Waals surface area (Å²) in [5.74, 6) is 0. The molecular weight excluding hydrogens is 266 g/mol. The van der Waals surface area contributed by atoms with Gasteiger partial charge >= 0.3 is 81.0 Å². The predicted octanol–water partition coefficient (Wildman–Crippen LogP) is 1.23. The van der Waals surface area contributed by atoms with Crippen molar-refractivity contribution >= 4 is 34.9 Å². The average Bonchev–Trinajstić information content (AvgIpc) is 2.06. The monoisotopic (exact) mass is 276 g/mol. The Morgan fingerprint density at radius 1 is 1.55 bits per heavy atom. The molecule has 0 nitrogen and oxygen atoms in total. The Balaban J connectivity index is 2.36. The molecule has 0 aromatic heterocycles. The molecule has 0 fully saturated rings. The molecule has 1 aliphatic carbocycles. The van der Waals surface area contributed by atoms with Crippen LogP contribution in [0, 0.1) is 0 Å². The normalized spacial score (nSPS) is 28.2. The summed E-state index contributed by atoms with van der Waals surface area (Å²) in [7, 11) is 0. The molecule has 2 aliphatic rings. The summed E-state index contributed by atoms with van der Waals surface area (Å²) in [6.45, 7) is 0. The number of hydrogen-bond acceptors (Lipinski definition) is 0. The van der Waals surface area contributed by atoms with Crippen molar-refractivity contribution in [3.8, 4) is 0 Å². The van der Waals surface area contributed by atoms with Crippen LogP contribution in [0.3, 0.4) is 0 Å². The quantitative estimate of drug-likeness (QED) is 0.583. The first kappa shape index (κ1) is 7.76. The Bertz CT molecular complexity index is 271. The van der Waals surface area contributed by atoms with E-state index in [2.05, 4.69) is 44.9 Å². The van der Waals surface area contributed by atoms with Crippen LogP contribution in [0.25, 0.3) is 0 Å². The van der Waals surface area contributed by atoms with Crippen molar-refractivity contribution in [2.75, 3.05) is 0 Å². The summed E-state index contributed by atoms with van der Waals surface area (Å²) < 4.78 is 1.52. The van der Waals surface area contributed by atoms with Gasteiger partial charge in [-0.2, -0.15) is 0 Å². The van der Waals surface area contributed by atoms with Crippen LogP contribution in [0.5, 0.6) is 0 Å². The second-order valence-corrected chi connectivity index (χ2v) is 5.82. The molecule has 56 valence electrons. The molecule has 0 bridgehead atoms. The fourth-order valence-corrected chi connectivity index (χ4v) is 4.22. The summed E-state index contributed by atoms with van der Waals surface area (Å²) in [5.41, 5.74) is 1.49. The van der Waals surface area contributed by atoms with Gasteiger partial charge < -0.3 is 0 Å². The van der Waals surface area contributed by atoms with Crippen LogP contribution in [-0.4, -0.2) is 34.9 Å². The Morgan fingerprint density at radius 2 is 2.45 bits per heavy atom. The molecule has 0 spiro atoms.